The Hall–Kier alpha value is -2.45. The average molecular weight is 408 g/mol. The van der Waals surface area contributed by atoms with E-state index in [1.807, 2.05) is 0 Å². The van der Waals surface area contributed by atoms with Crippen molar-refractivity contribution in [1.82, 2.24) is 0 Å². The Morgan fingerprint density at radius 3 is 2.50 bits per heavy atom. The van der Waals surface area contributed by atoms with E-state index < -0.39 is 36.5 Å². The van der Waals surface area contributed by atoms with Crippen LogP contribution in [0.2, 0.25) is 10.0 Å². The summed E-state index contributed by atoms with van der Waals surface area (Å²) in [5, 5.41) is 2.31. The summed E-state index contributed by atoms with van der Waals surface area (Å²) in [6.07, 6.45) is 0. The van der Waals surface area contributed by atoms with Crippen LogP contribution in [0.1, 0.15) is 10.4 Å². The van der Waals surface area contributed by atoms with E-state index >= 15 is 0 Å². The lowest BCUT2D eigenvalue weighted by Crippen LogP contribution is -2.21. The lowest BCUT2D eigenvalue weighted by atomic mass is 10.2. The molecule has 2 aromatic carbocycles. The minimum absolute atomic E-state index is 0.128. The predicted octanol–water partition coefficient (Wildman–Crippen LogP) is 4.53. The molecule has 0 aliphatic rings. The zero-order chi connectivity index (χ0) is 19.3. The van der Waals surface area contributed by atoms with Gasteiger partial charge in [-0.1, -0.05) is 23.2 Å². The molecule has 0 atom stereocenters. The minimum atomic E-state index is -3.04. The smallest absolute Gasteiger partial charge is 0.387 e. The number of halogens is 5. The molecule has 0 aromatic heterocycles. The number of anilines is 1. The van der Waals surface area contributed by atoms with Crippen molar-refractivity contribution < 1.29 is 32.2 Å². The number of nitrogens with one attached hydrogen (secondary N) is 1. The summed E-state index contributed by atoms with van der Waals surface area (Å²) in [6, 6.07) is 6.89. The van der Waals surface area contributed by atoms with Crippen LogP contribution in [-0.4, -0.2) is 25.1 Å². The van der Waals surface area contributed by atoms with Gasteiger partial charge in [-0.05, 0) is 36.4 Å². The van der Waals surface area contributed by atoms with E-state index in [2.05, 4.69) is 10.1 Å². The summed E-state index contributed by atoms with van der Waals surface area (Å²) in [7, 11) is 0. The van der Waals surface area contributed by atoms with Crippen LogP contribution in [0.25, 0.3) is 0 Å². The topological polar surface area (TPSA) is 64.6 Å². The van der Waals surface area contributed by atoms with Crippen LogP contribution >= 0.6 is 23.2 Å². The van der Waals surface area contributed by atoms with Crippen LogP contribution in [0.15, 0.2) is 36.4 Å². The number of carbonyl (C=O) groups is 2. The molecule has 1 N–H and O–H groups in total. The molecule has 0 spiro atoms. The van der Waals surface area contributed by atoms with Crippen molar-refractivity contribution in [1.29, 1.82) is 0 Å². The molecule has 1 amide bonds. The molecular weight excluding hydrogens is 398 g/mol. The first-order chi connectivity index (χ1) is 12.3. The van der Waals surface area contributed by atoms with Gasteiger partial charge in [0.25, 0.3) is 5.91 Å². The first-order valence-electron chi connectivity index (χ1n) is 6.92. The molecular formula is C16H10Cl2F3NO4. The first kappa shape index (κ1) is 19.9. The normalized spacial score (nSPS) is 10.5. The number of hydrogen-bond donors (Lipinski definition) is 1. The minimum Gasteiger partial charge on any atom is -0.452 e. The quantitative estimate of drug-likeness (QED) is 0.714. The van der Waals surface area contributed by atoms with Crippen LogP contribution in [0, 0.1) is 5.82 Å². The summed E-state index contributed by atoms with van der Waals surface area (Å²) in [6.45, 7) is -3.75. The lowest BCUT2D eigenvalue weighted by molar-refractivity contribution is -0.119. The number of amides is 1. The fourth-order valence-corrected chi connectivity index (χ4v) is 2.23. The molecule has 0 bridgehead atoms. The Balaban J connectivity index is 1.93. The second-order valence-electron chi connectivity index (χ2n) is 4.77. The molecule has 2 aromatic rings. The van der Waals surface area contributed by atoms with Crippen LogP contribution in [0.5, 0.6) is 5.75 Å². The molecule has 5 nitrogen and oxygen atoms in total. The van der Waals surface area contributed by atoms with Crippen molar-refractivity contribution in [3.63, 3.8) is 0 Å². The number of rotatable bonds is 6. The third-order valence-electron chi connectivity index (χ3n) is 2.91. The maximum Gasteiger partial charge on any atom is 0.387 e. The Morgan fingerprint density at radius 2 is 1.85 bits per heavy atom. The Bertz CT molecular complexity index is 833. The van der Waals surface area contributed by atoms with Gasteiger partial charge in [0.2, 0.25) is 0 Å². The number of benzene rings is 2. The van der Waals surface area contributed by atoms with E-state index in [0.29, 0.717) is 0 Å². The molecule has 0 aliphatic carbocycles. The maximum absolute atomic E-state index is 13.5. The average Bonchev–Trinajstić information content (AvgIpc) is 2.57. The zero-order valence-corrected chi connectivity index (χ0v) is 14.3. The van der Waals surface area contributed by atoms with Crippen LogP contribution < -0.4 is 10.1 Å². The number of hydrogen-bond acceptors (Lipinski definition) is 4. The van der Waals surface area contributed by atoms with E-state index in [1.54, 1.807) is 0 Å². The second-order valence-corrected chi connectivity index (χ2v) is 5.62. The van der Waals surface area contributed by atoms with Gasteiger partial charge in [-0.3, -0.25) is 4.79 Å². The van der Waals surface area contributed by atoms with Crippen molar-refractivity contribution >= 4 is 40.8 Å². The van der Waals surface area contributed by atoms with Gasteiger partial charge >= 0.3 is 12.6 Å². The predicted molar refractivity (Wildman–Crippen MR) is 88.4 cm³/mol. The molecule has 0 radical (unpaired) electrons. The molecule has 0 saturated carbocycles. The number of alkyl halides is 2. The van der Waals surface area contributed by atoms with Crippen molar-refractivity contribution in [2.24, 2.45) is 0 Å². The molecule has 10 heteroatoms. The van der Waals surface area contributed by atoms with E-state index in [0.717, 1.165) is 18.2 Å². The molecule has 0 aliphatic heterocycles. The van der Waals surface area contributed by atoms with Crippen molar-refractivity contribution in [2.45, 2.75) is 6.61 Å². The molecule has 0 unspecified atom stereocenters. The summed E-state index contributed by atoms with van der Waals surface area (Å²) in [4.78, 5) is 23.5. The maximum atomic E-state index is 13.5. The number of carbonyl (C=O) groups excluding carboxylic acids is 2. The fraction of sp³-hybridized carbons (Fsp3) is 0.125. The first-order valence-corrected chi connectivity index (χ1v) is 7.68. The van der Waals surface area contributed by atoms with Gasteiger partial charge in [-0.2, -0.15) is 8.78 Å². The number of esters is 1. The van der Waals surface area contributed by atoms with Gasteiger partial charge in [0.15, 0.2) is 6.61 Å². The van der Waals surface area contributed by atoms with E-state index in [4.69, 9.17) is 27.9 Å². The molecule has 0 heterocycles. The SMILES string of the molecule is O=C(COC(=O)c1cc(Cl)ccc1F)Nc1ccc(OC(F)F)c(Cl)c1. The zero-order valence-electron chi connectivity index (χ0n) is 12.8. The van der Waals surface area contributed by atoms with Crippen LogP contribution in [0.3, 0.4) is 0 Å². The monoisotopic (exact) mass is 407 g/mol. The lowest BCUT2D eigenvalue weighted by Gasteiger charge is -2.10. The summed E-state index contributed by atoms with van der Waals surface area (Å²) in [5.41, 5.74) is -0.256. The van der Waals surface area contributed by atoms with Crippen molar-refractivity contribution in [2.75, 3.05) is 11.9 Å². The van der Waals surface area contributed by atoms with Gasteiger partial charge in [-0.25, -0.2) is 9.18 Å². The largest absolute Gasteiger partial charge is 0.452 e. The second kappa shape index (κ2) is 8.77. The standard InChI is InChI=1S/C16H10Cl2F3NO4/c17-8-1-3-12(19)10(5-8)15(24)25-7-14(23)22-9-2-4-13(11(18)6-9)26-16(20)21/h1-6,16H,7H2,(H,22,23). The Labute approximate surface area is 155 Å². The Kier molecular flexibility index (Phi) is 6.70. The van der Waals surface area contributed by atoms with E-state index in [-0.39, 0.29) is 21.5 Å². The van der Waals surface area contributed by atoms with E-state index in [1.165, 1.54) is 18.2 Å². The van der Waals surface area contributed by atoms with Crippen molar-refractivity contribution in [3.8, 4) is 5.75 Å². The summed E-state index contributed by atoms with van der Waals surface area (Å²) < 4.78 is 46.7. The van der Waals surface area contributed by atoms with Crippen LogP contribution in [0.4, 0.5) is 18.9 Å². The molecule has 26 heavy (non-hydrogen) atoms. The van der Waals surface area contributed by atoms with Gasteiger partial charge in [0.1, 0.15) is 11.6 Å². The van der Waals surface area contributed by atoms with E-state index in [9.17, 15) is 22.8 Å². The molecule has 0 saturated heterocycles. The third-order valence-corrected chi connectivity index (χ3v) is 3.44. The molecule has 0 fully saturated rings. The summed E-state index contributed by atoms with van der Waals surface area (Å²) in [5.74, 6) is -2.93. The highest BCUT2D eigenvalue weighted by Gasteiger charge is 2.16. The fourth-order valence-electron chi connectivity index (χ4n) is 1.83. The molecule has 138 valence electrons. The van der Waals surface area contributed by atoms with Gasteiger partial charge < -0.3 is 14.8 Å². The summed E-state index contributed by atoms with van der Waals surface area (Å²) >= 11 is 11.4. The highest BCUT2D eigenvalue weighted by atomic mass is 35.5. The van der Waals surface area contributed by atoms with Gasteiger partial charge in [0.05, 0.1) is 10.6 Å². The van der Waals surface area contributed by atoms with Crippen LogP contribution in [-0.2, 0) is 9.53 Å². The third kappa shape index (κ3) is 5.53. The highest BCUT2D eigenvalue weighted by molar-refractivity contribution is 6.32. The number of ether oxygens (including phenoxy) is 2. The van der Waals surface area contributed by atoms with Gasteiger partial charge in [-0.15, -0.1) is 0 Å². The Morgan fingerprint density at radius 1 is 1.12 bits per heavy atom. The van der Waals surface area contributed by atoms with Gasteiger partial charge in [0, 0.05) is 10.7 Å². The highest BCUT2D eigenvalue weighted by Crippen LogP contribution is 2.28. The van der Waals surface area contributed by atoms with Crippen molar-refractivity contribution in [3.05, 3.63) is 57.8 Å². The molecule has 2 rings (SSSR count).